The fourth-order valence-corrected chi connectivity index (χ4v) is 5.70. The van der Waals surface area contributed by atoms with Crippen LogP contribution in [0.1, 0.15) is 5.56 Å². The first-order valence-electron chi connectivity index (χ1n) is 6.14. The lowest BCUT2D eigenvalue weighted by Crippen LogP contribution is -2.34. The van der Waals surface area contributed by atoms with E-state index in [0.717, 1.165) is 10.1 Å². The van der Waals surface area contributed by atoms with Crippen molar-refractivity contribution in [3.05, 3.63) is 59.9 Å². The SMILES string of the molecule is Cc1ccc([S@](=O)[C]2[CH][CH][CH][C]2[Si](C)(C)C)cc1. The van der Waals surface area contributed by atoms with Crippen molar-refractivity contribution in [3.63, 3.8) is 0 Å². The monoisotopic (exact) mass is 275 g/mol. The van der Waals surface area contributed by atoms with E-state index in [-0.39, 0.29) is 0 Å². The van der Waals surface area contributed by atoms with E-state index in [4.69, 9.17) is 0 Å². The molecule has 2 rings (SSSR count). The molecule has 95 valence electrons. The summed E-state index contributed by atoms with van der Waals surface area (Å²) in [7, 11) is -2.47. The average molecular weight is 275 g/mol. The molecule has 1 aliphatic carbocycles. The maximum Gasteiger partial charge on any atom is 0.0758 e. The lowest BCUT2D eigenvalue weighted by Gasteiger charge is -2.28. The van der Waals surface area contributed by atoms with Crippen LogP contribution in [0.2, 0.25) is 19.6 Å². The van der Waals surface area contributed by atoms with Crippen LogP contribution in [0.3, 0.4) is 0 Å². The second kappa shape index (κ2) is 5.30. The molecule has 0 heterocycles. The van der Waals surface area contributed by atoms with Gasteiger partial charge in [-0.1, -0.05) is 37.3 Å². The number of hydrogen-bond donors (Lipinski definition) is 0. The number of hydrogen-bond acceptors (Lipinski definition) is 1. The summed E-state index contributed by atoms with van der Waals surface area (Å²) in [5, 5.41) is 0.998. The molecule has 1 fully saturated rings. The quantitative estimate of drug-likeness (QED) is 0.769. The predicted molar refractivity (Wildman–Crippen MR) is 80.3 cm³/mol. The standard InChI is InChI=1S/C15H19OSSi/c1-12-8-10-13(11-9-12)17(16)14-6-5-7-15(14)18(2,3)4/h5-11H,1-4H3/t17-/m0/s1. The van der Waals surface area contributed by atoms with Gasteiger partial charge in [0, 0.05) is 4.90 Å². The summed E-state index contributed by atoms with van der Waals surface area (Å²) in [5.41, 5.74) is 2.50. The van der Waals surface area contributed by atoms with E-state index < -0.39 is 18.9 Å². The normalized spacial score (nSPS) is 20.2. The molecule has 3 heteroatoms. The molecule has 1 aliphatic rings. The molecule has 1 saturated carbocycles. The Morgan fingerprint density at radius 3 is 2.17 bits per heavy atom. The molecular formula is C15H19OSSi. The Hall–Kier alpha value is -0.413. The second-order valence-corrected chi connectivity index (χ2v) is 12.1. The highest BCUT2D eigenvalue weighted by atomic mass is 32.2. The second-order valence-electron chi connectivity index (χ2n) is 5.64. The fourth-order valence-electron chi connectivity index (χ4n) is 1.97. The Labute approximate surface area is 114 Å². The molecule has 5 radical (unpaired) electrons. The summed E-state index contributed by atoms with van der Waals surface area (Å²) >= 11 is 0. The number of rotatable bonds is 3. The van der Waals surface area contributed by atoms with Crippen molar-refractivity contribution >= 4 is 18.9 Å². The Bertz CT molecular complexity index is 433. The van der Waals surface area contributed by atoms with Crippen LogP contribution in [-0.4, -0.2) is 12.3 Å². The fraction of sp³-hybridized carbons (Fsp3) is 0.267. The van der Waals surface area contributed by atoms with Crippen LogP contribution in [0.15, 0.2) is 29.2 Å². The topological polar surface area (TPSA) is 17.1 Å². The molecule has 0 unspecified atom stereocenters. The molecule has 0 amide bonds. The Morgan fingerprint density at radius 2 is 1.61 bits per heavy atom. The molecule has 0 spiro atoms. The number of aryl methyl sites for hydroxylation is 1. The van der Waals surface area contributed by atoms with Crippen molar-refractivity contribution in [2.75, 3.05) is 0 Å². The van der Waals surface area contributed by atoms with Gasteiger partial charge in [-0.15, -0.1) is 0 Å². The van der Waals surface area contributed by atoms with E-state index in [0.29, 0.717) is 0 Å². The van der Waals surface area contributed by atoms with E-state index >= 15 is 0 Å². The van der Waals surface area contributed by atoms with E-state index in [9.17, 15) is 4.21 Å². The van der Waals surface area contributed by atoms with Gasteiger partial charge in [0.05, 0.1) is 24.1 Å². The molecule has 0 bridgehead atoms. The van der Waals surface area contributed by atoms with Crippen molar-refractivity contribution in [2.24, 2.45) is 0 Å². The molecule has 0 aromatic heterocycles. The van der Waals surface area contributed by atoms with Crippen LogP contribution in [0.4, 0.5) is 0 Å². The Morgan fingerprint density at radius 1 is 1.00 bits per heavy atom. The van der Waals surface area contributed by atoms with Crippen LogP contribution in [0.25, 0.3) is 0 Å². The first-order valence-corrected chi connectivity index (χ1v) is 10.8. The lowest BCUT2D eigenvalue weighted by molar-refractivity contribution is 0.684. The van der Waals surface area contributed by atoms with Gasteiger partial charge in [0.15, 0.2) is 0 Å². The summed E-state index contributed by atoms with van der Waals surface area (Å²) < 4.78 is 12.6. The van der Waals surface area contributed by atoms with Crippen molar-refractivity contribution in [1.29, 1.82) is 0 Å². The van der Waals surface area contributed by atoms with Crippen LogP contribution in [0.5, 0.6) is 0 Å². The van der Waals surface area contributed by atoms with Crippen LogP contribution >= 0.6 is 0 Å². The predicted octanol–water partition coefficient (Wildman–Crippen LogP) is 3.71. The summed E-state index contributed by atoms with van der Waals surface area (Å²) in [5.74, 6) is 0. The third kappa shape index (κ3) is 2.94. The Balaban J connectivity index is 2.20. The van der Waals surface area contributed by atoms with Gasteiger partial charge in [-0.2, -0.15) is 0 Å². The molecule has 18 heavy (non-hydrogen) atoms. The maximum atomic E-state index is 12.6. The smallest absolute Gasteiger partial charge is 0.0758 e. The summed E-state index contributed by atoms with van der Waals surface area (Å²) in [6, 6.07) is 7.97. The average Bonchev–Trinajstić information content (AvgIpc) is 2.77. The zero-order valence-corrected chi connectivity index (χ0v) is 13.2. The minimum absolute atomic E-state index is 0.895. The van der Waals surface area contributed by atoms with Crippen LogP contribution in [0, 0.1) is 37.0 Å². The van der Waals surface area contributed by atoms with Crippen LogP contribution < -0.4 is 0 Å². The first-order chi connectivity index (χ1) is 8.39. The lowest BCUT2D eigenvalue weighted by atomic mass is 10.2. The molecule has 1 aromatic carbocycles. The van der Waals surface area contributed by atoms with Gasteiger partial charge in [0.1, 0.15) is 0 Å². The summed E-state index contributed by atoms with van der Waals surface area (Å²) in [6.45, 7) is 8.91. The summed E-state index contributed by atoms with van der Waals surface area (Å²) in [4.78, 5) is 0.895. The molecular weight excluding hydrogens is 256 g/mol. The van der Waals surface area contributed by atoms with E-state index in [1.54, 1.807) is 0 Å². The molecule has 1 nitrogen and oxygen atoms in total. The zero-order valence-electron chi connectivity index (χ0n) is 11.4. The van der Waals surface area contributed by atoms with E-state index in [1.165, 1.54) is 11.1 Å². The van der Waals surface area contributed by atoms with Gasteiger partial charge < -0.3 is 0 Å². The molecule has 1 atom stereocenters. The van der Waals surface area contributed by atoms with Gasteiger partial charge in [-0.25, -0.2) is 0 Å². The van der Waals surface area contributed by atoms with Gasteiger partial charge in [-0.05, 0) is 43.9 Å². The number of benzene rings is 1. The van der Waals surface area contributed by atoms with Crippen molar-refractivity contribution < 1.29 is 4.21 Å². The summed E-state index contributed by atoms with van der Waals surface area (Å²) in [6.07, 6.45) is 6.16. The molecule has 0 aliphatic heterocycles. The molecule has 0 N–H and O–H groups in total. The Kier molecular flexibility index (Phi) is 4.12. The highest BCUT2D eigenvalue weighted by molar-refractivity contribution is 7.88. The van der Waals surface area contributed by atoms with Gasteiger partial charge in [-0.3, -0.25) is 4.21 Å². The minimum atomic E-state index is -1.43. The third-order valence-corrected chi connectivity index (χ3v) is 6.71. The third-order valence-electron chi connectivity index (χ3n) is 3.02. The van der Waals surface area contributed by atoms with Gasteiger partial charge >= 0.3 is 0 Å². The van der Waals surface area contributed by atoms with Crippen molar-refractivity contribution in [2.45, 2.75) is 31.5 Å². The first kappa shape index (κ1) is 14.0. The molecule has 1 aromatic rings. The minimum Gasteiger partial charge on any atom is -0.254 e. The van der Waals surface area contributed by atoms with Crippen molar-refractivity contribution in [3.8, 4) is 0 Å². The largest absolute Gasteiger partial charge is 0.254 e. The van der Waals surface area contributed by atoms with E-state index in [1.807, 2.05) is 44.0 Å². The highest BCUT2D eigenvalue weighted by Gasteiger charge is 2.42. The van der Waals surface area contributed by atoms with Gasteiger partial charge in [0.2, 0.25) is 0 Å². The molecule has 0 saturated heterocycles. The van der Waals surface area contributed by atoms with E-state index in [2.05, 4.69) is 26.1 Å². The maximum absolute atomic E-state index is 12.6. The van der Waals surface area contributed by atoms with Gasteiger partial charge in [0.25, 0.3) is 0 Å². The zero-order chi connectivity index (χ0) is 13.3. The van der Waals surface area contributed by atoms with Crippen molar-refractivity contribution in [1.82, 2.24) is 0 Å². The highest BCUT2D eigenvalue weighted by Crippen LogP contribution is 2.43. The van der Waals surface area contributed by atoms with Crippen LogP contribution in [-0.2, 0) is 10.8 Å².